The number of likely N-dealkylation sites (tertiary alicyclic amines) is 1. The van der Waals surface area contributed by atoms with E-state index in [-0.39, 0.29) is 24.3 Å². The van der Waals surface area contributed by atoms with Crippen molar-refractivity contribution in [2.45, 2.75) is 25.5 Å². The largest absolute Gasteiger partial charge is 0.480 e. The Labute approximate surface area is 120 Å². The van der Waals surface area contributed by atoms with Gasteiger partial charge in [-0.05, 0) is 12.1 Å². The van der Waals surface area contributed by atoms with Crippen molar-refractivity contribution < 1.29 is 29.3 Å². The number of para-hydroxylation sites is 1. The number of aliphatic hydroxyl groups excluding tert-OH is 1. The summed E-state index contributed by atoms with van der Waals surface area (Å²) in [5, 5.41) is 18.7. The molecule has 1 saturated heterocycles. The van der Waals surface area contributed by atoms with Crippen molar-refractivity contribution in [3.63, 3.8) is 0 Å². The van der Waals surface area contributed by atoms with Gasteiger partial charge in [-0.15, -0.1) is 0 Å². The van der Waals surface area contributed by atoms with E-state index >= 15 is 0 Å². The second-order valence-electron chi connectivity index (χ2n) is 4.79. The van der Waals surface area contributed by atoms with Gasteiger partial charge in [-0.25, -0.2) is 4.79 Å². The Hall–Kier alpha value is -2.41. The van der Waals surface area contributed by atoms with Crippen LogP contribution in [0.4, 0.5) is 0 Å². The number of hydrogen-bond donors (Lipinski definition) is 2. The van der Waals surface area contributed by atoms with E-state index in [1.54, 1.807) is 12.1 Å². The quantitative estimate of drug-likeness (QED) is 0.612. The van der Waals surface area contributed by atoms with Crippen molar-refractivity contribution in [1.82, 2.24) is 4.90 Å². The molecule has 0 spiro atoms. The summed E-state index contributed by atoms with van der Waals surface area (Å²) >= 11 is 0. The monoisotopic (exact) mass is 293 g/mol. The molecule has 2 N–H and O–H groups in total. The molecule has 1 fully saturated rings. The van der Waals surface area contributed by atoms with Crippen molar-refractivity contribution in [3.05, 3.63) is 29.8 Å². The minimum absolute atomic E-state index is 0.0171. The summed E-state index contributed by atoms with van der Waals surface area (Å²) in [6.07, 6.45) is -0.896. The first-order chi connectivity index (χ1) is 9.90. The van der Waals surface area contributed by atoms with Crippen LogP contribution in [0.2, 0.25) is 0 Å². The number of aliphatic hydroxyl groups is 1. The fourth-order valence-corrected chi connectivity index (χ4v) is 2.31. The van der Waals surface area contributed by atoms with Gasteiger partial charge in [0.05, 0.1) is 11.7 Å². The molecule has 112 valence electrons. The maximum atomic E-state index is 12.5. The van der Waals surface area contributed by atoms with Crippen molar-refractivity contribution in [1.29, 1.82) is 0 Å². The number of carboxylic acids is 1. The molecule has 2 rings (SSSR count). The molecule has 1 aliphatic rings. The molecule has 0 saturated carbocycles. The van der Waals surface area contributed by atoms with Gasteiger partial charge in [0, 0.05) is 19.9 Å². The number of carbonyl (C=O) groups is 3. The van der Waals surface area contributed by atoms with Crippen LogP contribution in [-0.4, -0.2) is 51.6 Å². The Balaban J connectivity index is 2.31. The molecule has 1 aromatic carbocycles. The lowest BCUT2D eigenvalue weighted by Gasteiger charge is -2.22. The lowest BCUT2D eigenvalue weighted by Crippen LogP contribution is -2.40. The number of carboxylic acid groups (broad SMARTS) is 1. The lowest BCUT2D eigenvalue weighted by molar-refractivity contribution is -0.141. The van der Waals surface area contributed by atoms with Gasteiger partial charge in [0.25, 0.3) is 5.91 Å². The zero-order chi connectivity index (χ0) is 15.6. The average molecular weight is 293 g/mol. The van der Waals surface area contributed by atoms with Crippen LogP contribution >= 0.6 is 0 Å². The first kappa shape index (κ1) is 15.0. The average Bonchev–Trinajstić information content (AvgIpc) is 2.80. The normalized spacial score (nSPS) is 21.1. The van der Waals surface area contributed by atoms with Crippen LogP contribution in [0.5, 0.6) is 5.75 Å². The molecule has 1 aliphatic heterocycles. The number of amides is 1. The maximum Gasteiger partial charge on any atom is 0.326 e. The molecule has 7 heteroatoms. The third-order valence-electron chi connectivity index (χ3n) is 3.20. The molecule has 0 radical (unpaired) electrons. The Kier molecular flexibility index (Phi) is 4.23. The fraction of sp³-hybridized carbons (Fsp3) is 0.357. The molecule has 1 amide bonds. The molecule has 0 bridgehead atoms. The van der Waals surface area contributed by atoms with Gasteiger partial charge in [-0.1, -0.05) is 12.1 Å². The molecule has 0 unspecified atom stereocenters. The smallest absolute Gasteiger partial charge is 0.326 e. The van der Waals surface area contributed by atoms with Gasteiger partial charge in [0.2, 0.25) is 0 Å². The second-order valence-corrected chi connectivity index (χ2v) is 4.79. The predicted molar refractivity (Wildman–Crippen MR) is 70.8 cm³/mol. The highest BCUT2D eigenvalue weighted by atomic mass is 16.5. The van der Waals surface area contributed by atoms with Gasteiger partial charge in [0.15, 0.2) is 0 Å². The summed E-state index contributed by atoms with van der Waals surface area (Å²) in [5.74, 6) is -2.27. The van der Waals surface area contributed by atoms with Crippen molar-refractivity contribution in [3.8, 4) is 5.75 Å². The molecule has 0 aromatic heterocycles. The van der Waals surface area contributed by atoms with Crippen molar-refractivity contribution >= 4 is 17.8 Å². The lowest BCUT2D eigenvalue weighted by atomic mass is 10.1. The summed E-state index contributed by atoms with van der Waals surface area (Å²) in [4.78, 5) is 35.8. The van der Waals surface area contributed by atoms with E-state index < -0.39 is 30.0 Å². The highest BCUT2D eigenvalue weighted by Gasteiger charge is 2.39. The predicted octanol–water partition coefficient (Wildman–Crippen LogP) is 0.272. The topological polar surface area (TPSA) is 104 Å². The van der Waals surface area contributed by atoms with Gasteiger partial charge in [-0.3, -0.25) is 9.59 Å². The van der Waals surface area contributed by atoms with Crippen molar-refractivity contribution in [2.24, 2.45) is 0 Å². The van der Waals surface area contributed by atoms with E-state index in [1.807, 2.05) is 0 Å². The number of benzene rings is 1. The van der Waals surface area contributed by atoms with E-state index in [0.717, 1.165) is 4.90 Å². The van der Waals surface area contributed by atoms with Crippen LogP contribution in [-0.2, 0) is 9.59 Å². The van der Waals surface area contributed by atoms with E-state index in [4.69, 9.17) is 9.84 Å². The number of nitrogens with zero attached hydrogens (tertiary/aromatic N) is 1. The summed E-state index contributed by atoms with van der Waals surface area (Å²) in [5.41, 5.74) is 0.0908. The number of carbonyl (C=O) groups excluding carboxylic acids is 2. The van der Waals surface area contributed by atoms with Gasteiger partial charge in [0.1, 0.15) is 11.8 Å². The Bertz CT molecular complexity index is 585. The fourth-order valence-electron chi connectivity index (χ4n) is 2.31. The minimum atomic E-state index is -1.18. The molecule has 1 aromatic rings. The second kappa shape index (κ2) is 5.92. The van der Waals surface area contributed by atoms with Crippen LogP contribution in [0, 0.1) is 0 Å². The third-order valence-corrected chi connectivity index (χ3v) is 3.20. The number of hydrogen-bond acceptors (Lipinski definition) is 5. The van der Waals surface area contributed by atoms with Gasteiger partial charge < -0.3 is 19.8 Å². The van der Waals surface area contributed by atoms with E-state index in [9.17, 15) is 19.5 Å². The Morgan fingerprint density at radius 1 is 1.29 bits per heavy atom. The summed E-state index contributed by atoms with van der Waals surface area (Å²) < 4.78 is 4.95. The summed E-state index contributed by atoms with van der Waals surface area (Å²) in [6, 6.07) is 5.00. The van der Waals surface area contributed by atoms with E-state index in [2.05, 4.69) is 0 Å². The highest BCUT2D eigenvalue weighted by molar-refractivity contribution is 5.99. The first-order valence-corrected chi connectivity index (χ1v) is 6.39. The van der Waals surface area contributed by atoms with Gasteiger partial charge in [-0.2, -0.15) is 0 Å². The minimum Gasteiger partial charge on any atom is -0.480 e. The standard InChI is InChI=1S/C14H15NO6/c1-8(16)21-12-5-3-2-4-10(12)13(18)15-7-9(17)6-11(15)14(19)20/h2-5,9,11,17H,6-7H2,1H3,(H,19,20)/t9-,11+/m1/s1. The molecular weight excluding hydrogens is 278 g/mol. The number of aliphatic carboxylic acids is 1. The molecule has 1 heterocycles. The number of rotatable bonds is 3. The Morgan fingerprint density at radius 2 is 1.95 bits per heavy atom. The van der Waals surface area contributed by atoms with Crippen LogP contribution in [0.1, 0.15) is 23.7 Å². The van der Waals surface area contributed by atoms with Crippen LogP contribution in [0.25, 0.3) is 0 Å². The Morgan fingerprint density at radius 3 is 2.57 bits per heavy atom. The molecule has 0 aliphatic carbocycles. The summed E-state index contributed by atoms with van der Waals surface area (Å²) in [7, 11) is 0. The number of β-amino-alcohol motifs (C(OH)–C–C–N with tert-alkyl or cyclic N) is 1. The molecule has 7 nitrogen and oxygen atoms in total. The first-order valence-electron chi connectivity index (χ1n) is 6.39. The van der Waals surface area contributed by atoms with E-state index in [1.165, 1.54) is 19.1 Å². The highest BCUT2D eigenvalue weighted by Crippen LogP contribution is 2.25. The number of ether oxygens (including phenoxy) is 1. The molecule has 21 heavy (non-hydrogen) atoms. The zero-order valence-electron chi connectivity index (χ0n) is 11.4. The van der Waals surface area contributed by atoms with Crippen molar-refractivity contribution in [2.75, 3.05) is 6.54 Å². The third kappa shape index (κ3) is 3.19. The van der Waals surface area contributed by atoms with Crippen LogP contribution < -0.4 is 4.74 Å². The molecule has 2 atom stereocenters. The van der Waals surface area contributed by atoms with E-state index in [0.29, 0.717) is 0 Å². The maximum absolute atomic E-state index is 12.5. The van der Waals surface area contributed by atoms with Gasteiger partial charge >= 0.3 is 11.9 Å². The van der Waals surface area contributed by atoms with Crippen LogP contribution in [0.15, 0.2) is 24.3 Å². The zero-order valence-corrected chi connectivity index (χ0v) is 11.4. The SMILES string of the molecule is CC(=O)Oc1ccccc1C(=O)N1C[C@H](O)C[C@H]1C(=O)O. The number of esters is 1. The van der Waals surface area contributed by atoms with Crippen LogP contribution in [0.3, 0.4) is 0 Å². The summed E-state index contributed by atoms with van der Waals surface area (Å²) in [6.45, 7) is 1.14. The molecular formula is C14H15NO6.